The fraction of sp³-hybridized carbons (Fsp3) is 0.500. The number of amides is 1. The molecule has 1 aromatic heterocycles. The van der Waals surface area contributed by atoms with E-state index in [-0.39, 0.29) is 29.0 Å². The zero-order valence-electron chi connectivity index (χ0n) is 22.6. The minimum Gasteiger partial charge on any atom is -0.320 e. The summed E-state index contributed by atoms with van der Waals surface area (Å²) < 4.78 is 44.7. The van der Waals surface area contributed by atoms with Crippen molar-refractivity contribution in [3.63, 3.8) is 0 Å². The van der Waals surface area contributed by atoms with Crippen LogP contribution in [0.4, 0.5) is 18.9 Å². The quantitative estimate of drug-likeness (QED) is 0.404. The predicted molar refractivity (Wildman–Crippen MR) is 142 cm³/mol. The van der Waals surface area contributed by atoms with E-state index in [9.17, 15) is 18.0 Å². The summed E-state index contributed by atoms with van der Waals surface area (Å²) in [6.07, 6.45) is 1.12. The van der Waals surface area contributed by atoms with Crippen LogP contribution < -0.4 is 4.90 Å². The first-order valence-electron chi connectivity index (χ1n) is 13.8. The van der Waals surface area contributed by atoms with Crippen molar-refractivity contribution in [1.82, 2.24) is 19.7 Å². The molecule has 3 aromatic rings. The minimum atomic E-state index is -4.54. The third-order valence-corrected chi connectivity index (χ3v) is 8.80. The second kappa shape index (κ2) is 9.47. The smallest absolute Gasteiger partial charge is 0.320 e. The molecule has 6 rings (SSSR count). The number of benzene rings is 2. The zero-order valence-corrected chi connectivity index (χ0v) is 22.6. The molecule has 1 amide bonds. The summed E-state index contributed by atoms with van der Waals surface area (Å²) in [7, 11) is 1.92. The number of piperidine rings is 1. The summed E-state index contributed by atoms with van der Waals surface area (Å²) in [5.74, 6) is 1.52. The van der Waals surface area contributed by atoms with Crippen molar-refractivity contribution in [2.24, 2.45) is 18.9 Å². The summed E-state index contributed by atoms with van der Waals surface area (Å²) in [6.45, 7) is 6.41. The van der Waals surface area contributed by atoms with Crippen LogP contribution in [0.15, 0.2) is 42.7 Å². The lowest BCUT2D eigenvalue weighted by molar-refractivity contribution is -0.138. The SMILES string of the molecule is CC1CC(c2cccc(N3Cc4c(cc(CN5CCC[C@H](C)C5)cc4C(F)(F)F)C3=O)c2)(c2nncn2C)C1. The molecule has 2 aliphatic heterocycles. The second-order valence-corrected chi connectivity index (χ2v) is 12.0. The molecule has 0 N–H and O–H groups in total. The van der Waals surface area contributed by atoms with E-state index in [0.29, 0.717) is 29.6 Å². The number of hydrogen-bond acceptors (Lipinski definition) is 4. The molecular formula is C30H34F3N5O. The van der Waals surface area contributed by atoms with E-state index in [0.717, 1.165) is 50.2 Å². The summed E-state index contributed by atoms with van der Waals surface area (Å²) in [6, 6.07) is 10.6. The van der Waals surface area contributed by atoms with E-state index in [1.807, 2.05) is 35.9 Å². The van der Waals surface area contributed by atoms with Gasteiger partial charge in [0.25, 0.3) is 5.91 Å². The molecule has 2 aromatic carbocycles. The average Bonchev–Trinajstić information content (AvgIpc) is 3.44. The van der Waals surface area contributed by atoms with Gasteiger partial charge in [-0.2, -0.15) is 13.2 Å². The number of likely N-dealkylation sites (tertiary alicyclic amines) is 1. The van der Waals surface area contributed by atoms with Gasteiger partial charge in [-0.25, -0.2) is 0 Å². The lowest BCUT2D eigenvalue weighted by Crippen LogP contribution is -2.43. The number of anilines is 1. The van der Waals surface area contributed by atoms with E-state index in [2.05, 4.69) is 28.9 Å². The number of fused-ring (bicyclic) bond motifs is 1. The van der Waals surface area contributed by atoms with Crippen LogP contribution in [0, 0.1) is 11.8 Å². The van der Waals surface area contributed by atoms with E-state index >= 15 is 0 Å². The Kier molecular flexibility index (Phi) is 6.32. The average molecular weight is 538 g/mol. The predicted octanol–water partition coefficient (Wildman–Crippen LogP) is 5.94. The first kappa shape index (κ1) is 26.0. The molecule has 9 heteroatoms. The molecule has 2 fully saturated rings. The van der Waals surface area contributed by atoms with E-state index in [1.165, 1.54) is 11.0 Å². The fourth-order valence-electron chi connectivity index (χ4n) is 7.07. The molecule has 3 aliphatic rings. The third-order valence-electron chi connectivity index (χ3n) is 8.80. The Bertz CT molecular complexity index is 1410. The standard InChI is InChI=1S/C30H34F3N5O/c1-19-6-5-9-37(15-19)16-21-10-24-25(26(11-21)30(31,32)33)17-38(27(24)39)23-8-4-7-22(12-23)29(13-20(2)14-29)28-35-34-18-36(28)3/h4,7-8,10-12,18-20H,5-6,9,13-17H2,1-3H3/t19-,20?,29?/m0/s1. The Hall–Kier alpha value is -3.20. The molecule has 0 bridgehead atoms. The van der Waals surface area contributed by atoms with Gasteiger partial charge in [0.2, 0.25) is 0 Å². The van der Waals surface area contributed by atoms with Crippen LogP contribution in [0.5, 0.6) is 0 Å². The lowest BCUT2D eigenvalue weighted by atomic mass is 9.58. The lowest BCUT2D eigenvalue weighted by Gasteiger charge is -2.46. The zero-order chi connectivity index (χ0) is 27.5. The monoisotopic (exact) mass is 537 g/mol. The Morgan fingerprint density at radius 2 is 1.90 bits per heavy atom. The summed E-state index contributed by atoms with van der Waals surface area (Å²) >= 11 is 0. The number of aromatic nitrogens is 3. The van der Waals surface area contributed by atoms with Crippen molar-refractivity contribution in [3.8, 4) is 0 Å². The first-order chi connectivity index (χ1) is 18.5. The van der Waals surface area contributed by atoms with Crippen molar-refractivity contribution in [1.29, 1.82) is 0 Å². The molecule has 0 unspecified atom stereocenters. The molecule has 1 atom stereocenters. The van der Waals surface area contributed by atoms with E-state index in [1.54, 1.807) is 12.4 Å². The van der Waals surface area contributed by atoms with Crippen molar-refractivity contribution < 1.29 is 18.0 Å². The minimum absolute atomic E-state index is 0.0638. The van der Waals surface area contributed by atoms with Crippen molar-refractivity contribution in [2.75, 3.05) is 18.0 Å². The first-order valence-corrected chi connectivity index (χ1v) is 13.8. The molecule has 206 valence electrons. The summed E-state index contributed by atoms with van der Waals surface area (Å²) in [5, 5.41) is 8.48. The van der Waals surface area contributed by atoms with Gasteiger partial charge in [-0.1, -0.05) is 26.0 Å². The van der Waals surface area contributed by atoms with Gasteiger partial charge in [0.15, 0.2) is 0 Å². The van der Waals surface area contributed by atoms with Gasteiger partial charge < -0.3 is 9.47 Å². The number of nitrogens with zero attached hydrogens (tertiary/aromatic N) is 5. The highest BCUT2D eigenvalue weighted by atomic mass is 19.4. The Labute approximate surface area is 226 Å². The van der Waals surface area contributed by atoms with Gasteiger partial charge in [-0.15, -0.1) is 10.2 Å². The molecular weight excluding hydrogens is 503 g/mol. The van der Waals surface area contributed by atoms with Crippen LogP contribution in [0.3, 0.4) is 0 Å². The van der Waals surface area contributed by atoms with Crippen molar-refractivity contribution in [2.45, 2.75) is 64.2 Å². The Morgan fingerprint density at radius 3 is 2.56 bits per heavy atom. The molecule has 3 heterocycles. The highest BCUT2D eigenvalue weighted by Crippen LogP contribution is 2.52. The van der Waals surface area contributed by atoms with Gasteiger partial charge in [-0.3, -0.25) is 9.69 Å². The van der Waals surface area contributed by atoms with Gasteiger partial charge in [0, 0.05) is 31.4 Å². The number of carbonyl (C=O) groups excluding carboxylic acids is 1. The van der Waals surface area contributed by atoms with Crippen LogP contribution >= 0.6 is 0 Å². The van der Waals surface area contributed by atoms with Gasteiger partial charge in [-0.05, 0) is 85.0 Å². The van der Waals surface area contributed by atoms with Gasteiger partial charge in [0.05, 0.1) is 17.5 Å². The number of halogens is 3. The Balaban J connectivity index is 1.34. The topological polar surface area (TPSA) is 54.3 Å². The number of aryl methyl sites for hydroxylation is 1. The number of alkyl halides is 3. The maximum absolute atomic E-state index is 14.3. The van der Waals surface area contributed by atoms with Crippen molar-refractivity contribution >= 4 is 11.6 Å². The molecule has 6 nitrogen and oxygen atoms in total. The van der Waals surface area contributed by atoms with Crippen LogP contribution in [0.2, 0.25) is 0 Å². The van der Waals surface area contributed by atoms with Crippen LogP contribution in [-0.2, 0) is 31.7 Å². The largest absolute Gasteiger partial charge is 0.416 e. The molecule has 39 heavy (non-hydrogen) atoms. The van der Waals surface area contributed by atoms with E-state index in [4.69, 9.17) is 0 Å². The molecule has 0 radical (unpaired) electrons. The molecule has 1 saturated heterocycles. The van der Waals surface area contributed by atoms with Crippen LogP contribution in [0.25, 0.3) is 0 Å². The maximum atomic E-state index is 14.3. The fourth-order valence-corrected chi connectivity index (χ4v) is 7.07. The Morgan fingerprint density at radius 1 is 1.10 bits per heavy atom. The maximum Gasteiger partial charge on any atom is 0.416 e. The molecule has 0 spiro atoms. The number of carbonyl (C=O) groups is 1. The molecule has 1 aliphatic carbocycles. The van der Waals surface area contributed by atoms with Crippen LogP contribution in [-0.4, -0.2) is 38.7 Å². The number of hydrogen-bond donors (Lipinski definition) is 0. The van der Waals surface area contributed by atoms with Gasteiger partial charge in [0.1, 0.15) is 12.2 Å². The summed E-state index contributed by atoms with van der Waals surface area (Å²) in [4.78, 5) is 17.4. The second-order valence-electron chi connectivity index (χ2n) is 12.0. The number of rotatable bonds is 5. The highest BCUT2D eigenvalue weighted by molar-refractivity contribution is 6.10. The molecule has 1 saturated carbocycles. The highest BCUT2D eigenvalue weighted by Gasteiger charge is 2.48. The van der Waals surface area contributed by atoms with Crippen LogP contribution in [0.1, 0.15) is 78.0 Å². The third kappa shape index (κ3) is 4.54. The van der Waals surface area contributed by atoms with Gasteiger partial charge >= 0.3 is 6.18 Å². The van der Waals surface area contributed by atoms with Crippen molar-refractivity contribution in [3.05, 3.63) is 76.4 Å². The summed E-state index contributed by atoms with van der Waals surface area (Å²) in [5.41, 5.74) is 1.36. The van der Waals surface area contributed by atoms with E-state index < -0.39 is 11.7 Å². The normalized spacial score (nSPS) is 25.6.